The van der Waals surface area contributed by atoms with Gasteiger partial charge in [0, 0.05) is 18.3 Å². The van der Waals surface area contributed by atoms with Gasteiger partial charge in [-0.2, -0.15) is 5.26 Å². The standard InChI is InChI=1S/C26H29N3/c27-18-23-12-7-8-13-24(23)20-29(25-14-5-2-6-15-25)21-26-16-9-17-28(26)19-22-10-3-1-4-11-22/h1,3-4,7-13,16-17,25H,2,5-6,14-15,19-21H2/p+1. The summed E-state index contributed by atoms with van der Waals surface area (Å²) in [5.41, 5.74) is 4.71. The Balaban J connectivity index is 1.56. The van der Waals surface area contributed by atoms with Crippen molar-refractivity contribution in [3.05, 3.63) is 95.3 Å². The Hall–Kier alpha value is -2.83. The smallest absolute Gasteiger partial charge is 0.118 e. The summed E-state index contributed by atoms with van der Waals surface area (Å²) >= 11 is 0. The van der Waals surface area contributed by atoms with Gasteiger partial charge in [-0.3, -0.25) is 0 Å². The average molecular weight is 385 g/mol. The van der Waals surface area contributed by atoms with E-state index in [4.69, 9.17) is 0 Å². The van der Waals surface area contributed by atoms with E-state index in [1.165, 1.54) is 48.9 Å². The summed E-state index contributed by atoms with van der Waals surface area (Å²) in [4.78, 5) is 1.60. The van der Waals surface area contributed by atoms with Crippen molar-refractivity contribution in [2.75, 3.05) is 0 Å². The molecule has 1 aliphatic carbocycles. The van der Waals surface area contributed by atoms with Gasteiger partial charge < -0.3 is 9.47 Å². The zero-order chi connectivity index (χ0) is 19.9. The molecule has 1 heterocycles. The summed E-state index contributed by atoms with van der Waals surface area (Å²) in [6.45, 7) is 2.84. The van der Waals surface area contributed by atoms with E-state index in [0.717, 1.165) is 25.2 Å². The number of nitriles is 1. The van der Waals surface area contributed by atoms with Crippen LogP contribution < -0.4 is 4.90 Å². The molecule has 1 aromatic heterocycles. The van der Waals surface area contributed by atoms with Gasteiger partial charge in [-0.05, 0) is 49.4 Å². The minimum absolute atomic E-state index is 0.676. The first kappa shape index (κ1) is 19.5. The van der Waals surface area contributed by atoms with Crippen molar-refractivity contribution in [2.45, 2.75) is 57.8 Å². The molecule has 1 aliphatic rings. The molecule has 1 fully saturated rings. The van der Waals surface area contributed by atoms with Gasteiger partial charge in [-0.25, -0.2) is 0 Å². The molecule has 0 radical (unpaired) electrons. The molecular weight excluding hydrogens is 354 g/mol. The molecule has 1 saturated carbocycles. The second-order valence-corrected chi connectivity index (χ2v) is 8.23. The maximum Gasteiger partial charge on any atom is 0.118 e. The van der Waals surface area contributed by atoms with E-state index >= 15 is 0 Å². The molecule has 1 N–H and O–H groups in total. The lowest BCUT2D eigenvalue weighted by molar-refractivity contribution is -0.953. The molecule has 0 aliphatic heterocycles. The SMILES string of the molecule is N#Cc1ccccc1C[NH+](Cc1cccn1Cc1ccccc1)C1CCCCC1. The second-order valence-electron chi connectivity index (χ2n) is 8.23. The van der Waals surface area contributed by atoms with Crippen LogP contribution in [0, 0.1) is 11.3 Å². The van der Waals surface area contributed by atoms with Crippen LogP contribution in [0.25, 0.3) is 0 Å². The molecule has 0 bridgehead atoms. The van der Waals surface area contributed by atoms with Crippen LogP contribution in [0.4, 0.5) is 0 Å². The fourth-order valence-corrected chi connectivity index (χ4v) is 4.67. The Labute approximate surface area is 174 Å². The van der Waals surface area contributed by atoms with E-state index in [2.05, 4.69) is 71.4 Å². The predicted molar refractivity (Wildman–Crippen MR) is 116 cm³/mol. The molecule has 4 rings (SSSR count). The van der Waals surface area contributed by atoms with Gasteiger partial charge in [0.25, 0.3) is 0 Å². The maximum absolute atomic E-state index is 9.54. The highest BCUT2D eigenvalue weighted by molar-refractivity contribution is 5.36. The molecule has 1 atom stereocenters. The minimum atomic E-state index is 0.676. The van der Waals surface area contributed by atoms with Crippen LogP contribution in [-0.2, 0) is 19.6 Å². The summed E-state index contributed by atoms with van der Waals surface area (Å²) in [6.07, 6.45) is 8.82. The van der Waals surface area contributed by atoms with Gasteiger partial charge in [0.05, 0.1) is 23.4 Å². The fourth-order valence-electron chi connectivity index (χ4n) is 4.67. The first-order valence-electron chi connectivity index (χ1n) is 10.8. The number of quaternary nitrogens is 1. The van der Waals surface area contributed by atoms with Gasteiger partial charge in [0.2, 0.25) is 0 Å². The van der Waals surface area contributed by atoms with Crippen LogP contribution in [0.15, 0.2) is 72.9 Å². The van der Waals surface area contributed by atoms with E-state index in [0.29, 0.717) is 6.04 Å². The fraction of sp³-hybridized carbons (Fsp3) is 0.346. The van der Waals surface area contributed by atoms with Gasteiger partial charge in [0.1, 0.15) is 13.1 Å². The van der Waals surface area contributed by atoms with E-state index < -0.39 is 0 Å². The third kappa shape index (κ3) is 4.96. The number of nitrogens with zero attached hydrogens (tertiary/aromatic N) is 2. The van der Waals surface area contributed by atoms with Gasteiger partial charge in [-0.1, -0.05) is 55.0 Å². The van der Waals surface area contributed by atoms with Crippen molar-refractivity contribution < 1.29 is 4.90 Å². The molecule has 148 valence electrons. The Morgan fingerprint density at radius 3 is 2.41 bits per heavy atom. The highest BCUT2D eigenvalue weighted by atomic mass is 15.2. The van der Waals surface area contributed by atoms with Crippen LogP contribution in [0.2, 0.25) is 0 Å². The summed E-state index contributed by atoms with van der Waals surface area (Å²) in [5.74, 6) is 0. The summed E-state index contributed by atoms with van der Waals surface area (Å²) in [5, 5.41) is 9.54. The molecular formula is C26H30N3+. The summed E-state index contributed by atoms with van der Waals surface area (Å²) in [6, 6.07) is 26.3. The first-order valence-corrected chi connectivity index (χ1v) is 10.8. The quantitative estimate of drug-likeness (QED) is 0.646. The number of aromatic nitrogens is 1. The highest BCUT2D eigenvalue weighted by Crippen LogP contribution is 2.17. The lowest BCUT2D eigenvalue weighted by atomic mass is 9.93. The van der Waals surface area contributed by atoms with Crippen LogP contribution in [0.1, 0.15) is 54.5 Å². The van der Waals surface area contributed by atoms with Crippen molar-refractivity contribution in [2.24, 2.45) is 0 Å². The van der Waals surface area contributed by atoms with E-state index in [1.54, 1.807) is 4.90 Å². The zero-order valence-corrected chi connectivity index (χ0v) is 17.1. The van der Waals surface area contributed by atoms with E-state index in [9.17, 15) is 5.26 Å². The van der Waals surface area contributed by atoms with Crippen molar-refractivity contribution in [1.82, 2.24) is 4.57 Å². The molecule has 3 heteroatoms. The van der Waals surface area contributed by atoms with Crippen LogP contribution >= 0.6 is 0 Å². The number of nitrogens with one attached hydrogen (secondary N) is 1. The van der Waals surface area contributed by atoms with Gasteiger partial charge in [0.15, 0.2) is 0 Å². The number of rotatable bonds is 7. The molecule has 0 spiro atoms. The maximum atomic E-state index is 9.54. The third-order valence-electron chi connectivity index (χ3n) is 6.27. The second kappa shape index (κ2) is 9.58. The molecule has 0 saturated heterocycles. The lowest BCUT2D eigenvalue weighted by Crippen LogP contribution is -3.13. The topological polar surface area (TPSA) is 33.2 Å². The van der Waals surface area contributed by atoms with Gasteiger partial charge in [-0.15, -0.1) is 0 Å². The van der Waals surface area contributed by atoms with Crippen LogP contribution in [0.5, 0.6) is 0 Å². The number of hydrogen-bond acceptors (Lipinski definition) is 1. The Morgan fingerprint density at radius 2 is 1.62 bits per heavy atom. The van der Waals surface area contributed by atoms with Crippen LogP contribution in [-0.4, -0.2) is 10.6 Å². The average Bonchev–Trinajstić information content (AvgIpc) is 3.21. The van der Waals surface area contributed by atoms with Crippen molar-refractivity contribution in [1.29, 1.82) is 5.26 Å². The molecule has 29 heavy (non-hydrogen) atoms. The zero-order valence-electron chi connectivity index (χ0n) is 17.1. The molecule has 3 nitrogen and oxygen atoms in total. The third-order valence-corrected chi connectivity index (χ3v) is 6.27. The Morgan fingerprint density at radius 1 is 0.862 bits per heavy atom. The number of hydrogen-bond donors (Lipinski definition) is 1. The highest BCUT2D eigenvalue weighted by Gasteiger charge is 2.26. The molecule has 3 aromatic rings. The van der Waals surface area contributed by atoms with Crippen molar-refractivity contribution in [3.8, 4) is 6.07 Å². The molecule has 0 amide bonds. The minimum Gasteiger partial charge on any atom is -0.342 e. The van der Waals surface area contributed by atoms with Crippen LogP contribution in [0.3, 0.4) is 0 Å². The Kier molecular flexibility index (Phi) is 6.44. The van der Waals surface area contributed by atoms with E-state index in [1.807, 2.05) is 12.1 Å². The molecule has 1 unspecified atom stereocenters. The lowest BCUT2D eigenvalue weighted by Gasteiger charge is -2.32. The number of benzene rings is 2. The van der Waals surface area contributed by atoms with Gasteiger partial charge >= 0.3 is 0 Å². The van der Waals surface area contributed by atoms with E-state index in [-0.39, 0.29) is 0 Å². The summed E-state index contributed by atoms with van der Waals surface area (Å²) < 4.78 is 2.38. The summed E-state index contributed by atoms with van der Waals surface area (Å²) in [7, 11) is 0. The van der Waals surface area contributed by atoms with Crippen molar-refractivity contribution >= 4 is 0 Å². The predicted octanol–water partition coefficient (Wildman–Crippen LogP) is 4.33. The first-order chi connectivity index (χ1) is 14.3. The molecule has 2 aromatic carbocycles. The normalized spacial score (nSPS) is 15.7. The Bertz CT molecular complexity index is 945. The largest absolute Gasteiger partial charge is 0.342 e. The monoisotopic (exact) mass is 384 g/mol. The van der Waals surface area contributed by atoms with Crippen molar-refractivity contribution in [3.63, 3.8) is 0 Å².